The van der Waals surface area contributed by atoms with Crippen LogP contribution >= 0.6 is 23.1 Å². The molecule has 3 N–H and O–H groups in total. The summed E-state index contributed by atoms with van der Waals surface area (Å²) < 4.78 is 0. The fraction of sp³-hybridized carbons (Fsp3) is 0.0968. The second-order valence-corrected chi connectivity index (χ2v) is 11.0. The molecule has 1 unspecified atom stereocenters. The van der Waals surface area contributed by atoms with Crippen LogP contribution in [0.2, 0.25) is 0 Å². The van der Waals surface area contributed by atoms with Crippen molar-refractivity contribution < 1.29 is 19.5 Å². The summed E-state index contributed by atoms with van der Waals surface area (Å²) in [7, 11) is 0. The van der Waals surface area contributed by atoms with Crippen LogP contribution in [0.25, 0.3) is 22.0 Å². The van der Waals surface area contributed by atoms with Crippen LogP contribution in [-0.4, -0.2) is 33.1 Å². The average molecular weight is 568 g/mol. The van der Waals surface area contributed by atoms with Gasteiger partial charge < -0.3 is 15.7 Å². The van der Waals surface area contributed by atoms with E-state index in [1.54, 1.807) is 48.5 Å². The van der Waals surface area contributed by atoms with Crippen molar-refractivity contribution in [2.24, 2.45) is 0 Å². The minimum absolute atomic E-state index is 0.0699. The molecule has 0 bridgehead atoms. The second-order valence-electron chi connectivity index (χ2n) is 8.90. The Bertz CT molecular complexity index is 1700. The largest absolute Gasteiger partial charge is 0.478 e. The molecule has 0 aliphatic rings. The minimum atomic E-state index is -1.10. The number of nitrogens with zero attached hydrogens (tertiary/aromatic N) is 1. The molecule has 0 aliphatic carbocycles. The Morgan fingerprint density at radius 2 is 1.62 bits per heavy atom. The van der Waals surface area contributed by atoms with Gasteiger partial charge in [0.15, 0.2) is 5.13 Å². The minimum Gasteiger partial charge on any atom is -0.478 e. The summed E-state index contributed by atoms with van der Waals surface area (Å²) in [4.78, 5) is 43.5. The highest BCUT2D eigenvalue weighted by Gasteiger charge is 2.21. The molecule has 5 aromatic rings. The summed E-state index contributed by atoms with van der Waals surface area (Å²) in [5.41, 5.74) is 2.69. The van der Waals surface area contributed by atoms with Gasteiger partial charge in [-0.25, -0.2) is 9.78 Å². The van der Waals surface area contributed by atoms with Gasteiger partial charge in [-0.1, -0.05) is 67.6 Å². The van der Waals surface area contributed by atoms with Crippen LogP contribution in [0.3, 0.4) is 0 Å². The third kappa shape index (κ3) is 6.06. The number of carboxylic acid groups (broad SMARTS) is 1. The fourth-order valence-corrected chi connectivity index (χ4v) is 6.03. The van der Waals surface area contributed by atoms with Crippen LogP contribution < -0.4 is 10.6 Å². The van der Waals surface area contributed by atoms with Gasteiger partial charge >= 0.3 is 5.97 Å². The van der Waals surface area contributed by atoms with Crippen molar-refractivity contribution in [3.05, 3.63) is 108 Å². The van der Waals surface area contributed by atoms with E-state index in [9.17, 15) is 19.5 Å². The number of carbonyl (C=O) groups is 3. The maximum Gasteiger partial charge on any atom is 0.336 e. The van der Waals surface area contributed by atoms with Gasteiger partial charge in [0.25, 0.3) is 5.91 Å². The SMILES string of the molecule is CCC(Sc1cccc(NC(=O)c2cccc3cccc(C(=O)O)c23)c1)C(=O)Nc1nc(-c2ccccc2)cs1. The number of amides is 2. The number of thiazole rings is 1. The molecule has 1 aromatic heterocycles. The van der Waals surface area contributed by atoms with Crippen LogP contribution in [0.5, 0.6) is 0 Å². The molecule has 4 aromatic carbocycles. The van der Waals surface area contributed by atoms with E-state index in [4.69, 9.17) is 0 Å². The predicted molar refractivity (Wildman–Crippen MR) is 161 cm³/mol. The number of fused-ring (bicyclic) bond motifs is 1. The van der Waals surface area contributed by atoms with Gasteiger partial charge in [0, 0.05) is 32.5 Å². The second kappa shape index (κ2) is 12.1. The lowest BCUT2D eigenvalue weighted by Gasteiger charge is -2.15. The topological polar surface area (TPSA) is 108 Å². The van der Waals surface area contributed by atoms with E-state index < -0.39 is 11.9 Å². The molecule has 0 radical (unpaired) electrons. The van der Waals surface area contributed by atoms with Crippen molar-refractivity contribution in [3.63, 3.8) is 0 Å². The third-order valence-electron chi connectivity index (χ3n) is 6.22. The van der Waals surface area contributed by atoms with Gasteiger partial charge in [-0.15, -0.1) is 23.1 Å². The summed E-state index contributed by atoms with van der Waals surface area (Å²) in [6.07, 6.45) is 0.595. The van der Waals surface area contributed by atoms with Gasteiger partial charge in [0.2, 0.25) is 5.91 Å². The van der Waals surface area contributed by atoms with Crippen LogP contribution in [0.1, 0.15) is 34.1 Å². The van der Waals surface area contributed by atoms with Gasteiger partial charge in [-0.3, -0.25) is 9.59 Å². The number of hydrogen-bond donors (Lipinski definition) is 3. The number of benzene rings is 4. The Balaban J connectivity index is 1.29. The molecule has 1 heterocycles. The van der Waals surface area contributed by atoms with Gasteiger partial charge in [0.1, 0.15) is 0 Å². The third-order valence-corrected chi connectivity index (χ3v) is 8.33. The van der Waals surface area contributed by atoms with Crippen molar-refractivity contribution >= 4 is 62.5 Å². The Morgan fingerprint density at radius 3 is 2.35 bits per heavy atom. The van der Waals surface area contributed by atoms with E-state index >= 15 is 0 Å². The fourth-order valence-electron chi connectivity index (χ4n) is 4.30. The molecule has 2 amide bonds. The van der Waals surface area contributed by atoms with Crippen LogP contribution in [0.4, 0.5) is 10.8 Å². The number of nitrogens with one attached hydrogen (secondary N) is 2. The summed E-state index contributed by atoms with van der Waals surface area (Å²) in [5.74, 6) is -1.65. The van der Waals surface area contributed by atoms with E-state index in [2.05, 4.69) is 15.6 Å². The Labute approximate surface area is 239 Å². The zero-order valence-corrected chi connectivity index (χ0v) is 23.1. The number of thioether (sulfide) groups is 1. The molecule has 0 fully saturated rings. The van der Waals surface area contributed by atoms with E-state index in [1.807, 2.05) is 48.7 Å². The molecule has 5 rings (SSSR count). The van der Waals surface area contributed by atoms with Crippen molar-refractivity contribution in [3.8, 4) is 11.3 Å². The molecule has 0 aliphatic heterocycles. The van der Waals surface area contributed by atoms with Crippen molar-refractivity contribution in [2.45, 2.75) is 23.5 Å². The molecule has 7 nitrogen and oxygen atoms in total. The van der Waals surface area contributed by atoms with Crippen LogP contribution in [0, 0.1) is 0 Å². The molecule has 40 heavy (non-hydrogen) atoms. The van der Waals surface area contributed by atoms with E-state index in [0.717, 1.165) is 16.2 Å². The molecule has 200 valence electrons. The number of aromatic carboxylic acids is 1. The predicted octanol–water partition coefficient (Wildman–Crippen LogP) is 7.42. The average Bonchev–Trinajstić information content (AvgIpc) is 3.44. The maximum absolute atomic E-state index is 13.2. The molecule has 0 spiro atoms. The molecular weight excluding hydrogens is 542 g/mol. The number of anilines is 2. The molecular formula is C31H25N3O4S2. The zero-order valence-electron chi connectivity index (χ0n) is 21.5. The molecule has 0 saturated heterocycles. The molecule has 1 atom stereocenters. The summed E-state index contributed by atoms with van der Waals surface area (Å²) in [5, 5.41) is 18.6. The molecule has 0 saturated carbocycles. The van der Waals surface area contributed by atoms with Crippen LogP contribution in [-0.2, 0) is 4.79 Å². The highest BCUT2D eigenvalue weighted by molar-refractivity contribution is 8.00. The number of carbonyl (C=O) groups excluding carboxylic acids is 2. The first kappa shape index (κ1) is 27.1. The Morgan fingerprint density at radius 1 is 0.900 bits per heavy atom. The van der Waals surface area contributed by atoms with Gasteiger partial charge in [-0.05, 0) is 42.1 Å². The van der Waals surface area contributed by atoms with Crippen molar-refractivity contribution in [1.82, 2.24) is 4.98 Å². The lowest BCUT2D eigenvalue weighted by Crippen LogP contribution is -2.24. The Kier molecular flexibility index (Phi) is 8.23. The van der Waals surface area contributed by atoms with Crippen molar-refractivity contribution in [1.29, 1.82) is 0 Å². The van der Waals surface area contributed by atoms with E-state index in [1.165, 1.54) is 29.2 Å². The Hall–Kier alpha value is -4.47. The standard InChI is InChI=1S/C31H25N3O4S2/c1-2-26(29(36)34-31-33-25(18-39-31)19-9-4-3-5-10-19)40-22-14-8-13-21(17-22)32-28(35)23-15-6-11-20-12-7-16-24(27(20)23)30(37)38/h3-18,26H,2H2,1H3,(H,32,35)(H,37,38)(H,33,34,36). The smallest absolute Gasteiger partial charge is 0.336 e. The van der Waals surface area contributed by atoms with Gasteiger partial charge in [0.05, 0.1) is 16.5 Å². The zero-order chi connectivity index (χ0) is 28.1. The quantitative estimate of drug-likeness (QED) is 0.160. The highest BCUT2D eigenvalue weighted by Crippen LogP contribution is 2.31. The van der Waals surface area contributed by atoms with E-state index in [0.29, 0.717) is 28.0 Å². The monoisotopic (exact) mass is 567 g/mol. The van der Waals surface area contributed by atoms with E-state index in [-0.39, 0.29) is 22.3 Å². The first-order chi connectivity index (χ1) is 19.4. The first-order valence-corrected chi connectivity index (χ1v) is 14.3. The highest BCUT2D eigenvalue weighted by atomic mass is 32.2. The number of hydrogen-bond acceptors (Lipinski definition) is 6. The summed E-state index contributed by atoms with van der Waals surface area (Å²) >= 11 is 2.78. The van der Waals surface area contributed by atoms with Crippen molar-refractivity contribution in [2.75, 3.05) is 10.6 Å². The number of rotatable bonds is 9. The summed E-state index contributed by atoms with van der Waals surface area (Å²) in [6, 6.07) is 27.1. The normalized spacial score (nSPS) is 11.6. The van der Waals surface area contributed by atoms with Crippen LogP contribution in [0.15, 0.2) is 101 Å². The number of carboxylic acids is 1. The number of aromatic nitrogens is 1. The summed E-state index contributed by atoms with van der Waals surface area (Å²) in [6.45, 7) is 1.95. The molecule has 9 heteroatoms. The lowest BCUT2D eigenvalue weighted by atomic mass is 9.98. The first-order valence-electron chi connectivity index (χ1n) is 12.6. The van der Waals surface area contributed by atoms with Gasteiger partial charge in [-0.2, -0.15) is 0 Å². The lowest BCUT2D eigenvalue weighted by molar-refractivity contribution is -0.115. The maximum atomic E-state index is 13.2.